The van der Waals surface area contributed by atoms with Gasteiger partial charge in [-0.25, -0.2) is 0 Å². The Labute approximate surface area is 117 Å². The molecule has 0 aliphatic carbocycles. The number of pyridine rings is 1. The van der Waals surface area contributed by atoms with Crippen molar-refractivity contribution in [2.45, 2.75) is 53.6 Å². The van der Waals surface area contributed by atoms with Gasteiger partial charge >= 0.3 is 0 Å². The number of hydrogen-bond acceptors (Lipinski definition) is 3. The van der Waals surface area contributed by atoms with Crippen LogP contribution in [0.1, 0.15) is 49.3 Å². The van der Waals surface area contributed by atoms with Crippen LogP contribution in [-0.4, -0.2) is 24.7 Å². The van der Waals surface area contributed by atoms with Crippen LogP contribution in [0, 0.1) is 26.7 Å². The topological polar surface area (TPSA) is 34.1 Å². The minimum Gasteiger partial charge on any atom is -0.383 e. The summed E-state index contributed by atoms with van der Waals surface area (Å²) in [5, 5.41) is 3.67. The number of ether oxygens (including phenoxy) is 1. The van der Waals surface area contributed by atoms with E-state index < -0.39 is 0 Å². The highest BCUT2D eigenvalue weighted by molar-refractivity contribution is 5.33. The molecule has 19 heavy (non-hydrogen) atoms. The zero-order valence-electron chi connectivity index (χ0n) is 13.4. The minimum absolute atomic E-state index is 0.288. The molecule has 0 fully saturated rings. The third kappa shape index (κ3) is 4.29. The lowest BCUT2D eigenvalue weighted by Crippen LogP contribution is -2.39. The summed E-state index contributed by atoms with van der Waals surface area (Å²) in [6.07, 6.45) is 0. The fourth-order valence-corrected chi connectivity index (χ4v) is 2.71. The quantitative estimate of drug-likeness (QED) is 0.856. The Hall–Kier alpha value is -0.930. The first-order chi connectivity index (χ1) is 8.86. The van der Waals surface area contributed by atoms with Crippen LogP contribution in [0.3, 0.4) is 0 Å². The lowest BCUT2D eigenvalue weighted by molar-refractivity contribution is 0.141. The molecular weight excluding hydrogens is 236 g/mol. The number of nitrogens with zero attached hydrogens (tertiary/aromatic N) is 1. The maximum atomic E-state index is 5.30. The molecule has 0 bridgehead atoms. The van der Waals surface area contributed by atoms with Gasteiger partial charge in [0, 0.05) is 30.6 Å². The van der Waals surface area contributed by atoms with Gasteiger partial charge in [-0.1, -0.05) is 13.8 Å². The number of rotatable bonds is 6. The molecule has 1 rings (SSSR count). The summed E-state index contributed by atoms with van der Waals surface area (Å²) < 4.78 is 5.30. The van der Waals surface area contributed by atoms with E-state index in [9.17, 15) is 0 Å². The third-order valence-corrected chi connectivity index (χ3v) is 3.63. The molecule has 3 nitrogen and oxygen atoms in total. The van der Waals surface area contributed by atoms with Crippen LogP contribution in [0.15, 0.2) is 6.07 Å². The van der Waals surface area contributed by atoms with Gasteiger partial charge in [0.1, 0.15) is 0 Å². The molecule has 0 aliphatic rings. The molecule has 0 aliphatic heterocycles. The highest BCUT2D eigenvalue weighted by atomic mass is 16.5. The average molecular weight is 264 g/mol. The van der Waals surface area contributed by atoms with Gasteiger partial charge in [0.2, 0.25) is 0 Å². The fraction of sp³-hybridized carbons (Fsp3) is 0.688. The molecule has 1 aromatic heterocycles. The van der Waals surface area contributed by atoms with Gasteiger partial charge in [0.25, 0.3) is 0 Å². The Morgan fingerprint density at radius 3 is 2.32 bits per heavy atom. The van der Waals surface area contributed by atoms with Crippen LogP contribution in [0.5, 0.6) is 0 Å². The van der Waals surface area contributed by atoms with Gasteiger partial charge in [0.15, 0.2) is 0 Å². The Bertz CT molecular complexity index is 392. The van der Waals surface area contributed by atoms with Crippen molar-refractivity contribution in [1.29, 1.82) is 0 Å². The van der Waals surface area contributed by atoms with Crippen molar-refractivity contribution in [3.8, 4) is 0 Å². The summed E-state index contributed by atoms with van der Waals surface area (Å²) in [4.78, 5) is 4.58. The molecular formula is C16H28N2O. The van der Waals surface area contributed by atoms with Crippen molar-refractivity contribution in [3.05, 3.63) is 28.6 Å². The maximum Gasteiger partial charge on any atom is 0.0618 e. The second kappa shape index (κ2) is 7.01. The number of hydrogen-bond donors (Lipinski definition) is 1. The molecule has 3 heteroatoms. The summed E-state index contributed by atoms with van der Waals surface area (Å²) in [7, 11) is 1.76. The van der Waals surface area contributed by atoms with Crippen molar-refractivity contribution < 1.29 is 4.74 Å². The largest absolute Gasteiger partial charge is 0.383 e. The fourth-order valence-electron chi connectivity index (χ4n) is 2.71. The lowest BCUT2D eigenvalue weighted by atomic mass is 9.97. The highest BCUT2D eigenvalue weighted by Gasteiger charge is 2.19. The van der Waals surface area contributed by atoms with E-state index in [1.807, 2.05) is 6.92 Å². The smallest absolute Gasteiger partial charge is 0.0618 e. The zero-order valence-corrected chi connectivity index (χ0v) is 13.4. The van der Waals surface area contributed by atoms with Gasteiger partial charge in [-0.05, 0) is 50.8 Å². The van der Waals surface area contributed by atoms with Crippen LogP contribution < -0.4 is 5.32 Å². The van der Waals surface area contributed by atoms with Crippen molar-refractivity contribution in [2.24, 2.45) is 5.92 Å². The summed E-state index contributed by atoms with van der Waals surface area (Å²) in [6.45, 7) is 13.7. The molecule has 0 aromatic carbocycles. The van der Waals surface area contributed by atoms with E-state index in [0.717, 1.165) is 18.0 Å². The van der Waals surface area contributed by atoms with Gasteiger partial charge < -0.3 is 10.1 Å². The van der Waals surface area contributed by atoms with E-state index in [2.05, 4.69) is 51.0 Å². The van der Waals surface area contributed by atoms with Gasteiger partial charge in [0.05, 0.1) is 6.61 Å². The van der Waals surface area contributed by atoms with E-state index in [4.69, 9.17) is 4.74 Å². The molecule has 0 amide bonds. The van der Waals surface area contributed by atoms with Crippen molar-refractivity contribution in [3.63, 3.8) is 0 Å². The van der Waals surface area contributed by atoms with E-state index >= 15 is 0 Å². The van der Waals surface area contributed by atoms with E-state index in [-0.39, 0.29) is 6.04 Å². The van der Waals surface area contributed by atoms with E-state index in [1.54, 1.807) is 7.11 Å². The number of nitrogens with one attached hydrogen (secondary N) is 1. The molecule has 1 aromatic rings. The predicted molar refractivity (Wildman–Crippen MR) is 80.5 cm³/mol. The van der Waals surface area contributed by atoms with Gasteiger partial charge in [-0.3, -0.25) is 4.98 Å². The predicted octanol–water partition coefficient (Wildman–Crippen LogP) is 3.33. The highest BCUT2D eigenvalue weighted by Crippen LogP contribution is 2.22. The Balaban J connectivity index is 2.91. The molecule has 2 atom stereocenters. The standard InChI is InChI=1S/C16H28N2O/c1-10(2)15(9-19-7)18-14(6)16-11(3)8-12(4)17-13(16)5/h8,10,14-15,18H,9H2,1-7H3. The average Bonchev–Trinajstić information content (AvgIpc) is 2.26. The summed E-state index contributed by atoms with van der Waals surface area (Å²) in [5.74, 6) is 0.543. The Kier molecular flexibility index (Phi) is 5.95. The molecule has 2 unspecified atom stereocenters. The van der Waals surface area contributed by atoms with Crippen LogP contribution >= 0.6 is 0 Å². The van der Waals surface area contributed by atoms with Crippen molar-refractivity contribution in [1.82, 2.24) is 10.3 Å². The second-order valence-electron chi connectivity index (χ2n) is 5.77. The van der Waals surface area contributed by atoms with Crippen LogP contribution in [-0.2, 0) is 4.74 Å². The molecule has 0 saturated heterocycles. The van der Waals surface area contributed by atoms with Gasteiger partial charge in [-0.15, -0.1) is 0 Å². The number of aromatic nitrogens is 1. The minimum atomic E-state index is 0.288. The summed E-state index contributed by atoms with van der Waals surface area (Å²) in [5.41, 5.74) is 4.83. The first kappa shape index (κ1) is 16.1. The number of methoxy groups -OCH3 is 1. The SMILES string of the molecule is COCC(NC(C)c1c(C)cc(C)nc1C)C(C)C. The lowest BCUT2D eigenvalue weighted by Gasteiger charge is -2.27. The maximum absolute atomic E-state index is 5.30. The second-order valence-corrected chi connectivity index (χ2v) is 5.77. The first-order valence-corrected chi connectivity index (χ1v) is 7.06. The molecule has 0 spiro atoms. The summed E-state index contributed by atoms with van der Waals surface area (Å²) >= 11 is 0. The molecule has 108 valence electrons. The molecule has 1 N–H and O–H groups in total. The van der Waals surface area contributed by atoms with Crippen molar-refractivity contribution >= 4 is 0 Å². The Morgan fingerprint density at radius 2 is 1.84 bits per heavy atom. The zero-order chi connectivity index (χ0) is 14.6. The first-order valence-electron chi connectivity index (χ1n) is 7.06. The number of aryl methyl sites for hydroxylation is 3. The van der Waals surface area contributed by atoms with Crippen LogP contribution in [0.2, 0.25) is 0 Å². The monoisotopic (exact) mass is 264 g/mol. The summed E-state index contributed by atoms with van der Waals surface area (Å²) in [6, 6.07) is 2.80. The molecule has 0 radical (unpaired) electrons. The van der Waals surface area contributed by atoms with E-state index in [1.165, 1.54) is 11.1 Å². The normalized spacial score (nSPS) is 14.7. The van der Waals surface area contributed by atoms with E-state index in [0.29, 0.717) is 12.0 Å². The third-order valence-electron chi connectivity index (χ3n) is 3.63. The van der Waals surface area contributed by atoms with Crippen molar-refractivity contribution in [2.75, 3.05) is 13.7 Å². The molecule has 0 saturated carbocycles. The van der Waals surface area contributed by atoms with Crippen LogP contribution in [0.4, 0.5) is 0 Å². The molecule has 1 heterocycles. The Morgan fingerprint density at radius 1 is 1.21 bits per heavy atom. The van der Waals surface area contributed by atoms with Crippen LogP contribution in [0.25, 0.3) is 0 Å². The van der Waals surface area contributed by atoms with Gasteiger partial charge in [-0.2, -0.15) is 0 Å².